The van der Waals surface area contributed by atoms with E-state index in [1.807, 2.05) is 0 Å². The Bertz CT molecular complexity index is 502. The zero-order valence-corrected chi connectivity index (χ0v) is 12.9. The van der Waals surface area contributed by atoms with Gasteiger partial charge in [-0.1, -0.05) is 25.1 Å². The molecule has 1 aromatic carbocycles. The molecule has 19 heavy (non-hydrogen) atoms. The summed E-state index contributed by atoms with van der Waals surface area (Å²) < 4.78 is 0. The van der Waals surface area contributed by atoms with E-state index < -0.39 is 0 Å². The maximum absolute atomic E-state index is 3.66. The van der Waals surface area contributed by atoms with Crippen molar-refractivity contribution in [2.75, 3.05) is 6.54 Å². The topological polar surface area (TPSA) is 12.0 Å². The summed E-state index contributed by atoms with van der Waals surface area (Å²) in [5.74, 6) is 0. The lowest BCUT2D eigenvalue weighted by molar-refractivity contribution is 0.530. The van der Waals surface area contributed by atoms with Crippen molar-refractivity contribution < 1.29 is 0 Å². The summed E-state index contributed by atoms with van der Waals surface area (Å²) in [6.07, 6.45) is 2.24. The highest BCUT2D eigenvalue weighted by molar-refractivity contribution is 7.07. The van der Waals surface area contributed by atoms with Crippen molar-refractivity contribution in [3.63, 3.8) is 0 Å². The van der Waals surface area contributed by atoms with E-state index in [1.165, 1.54) is 28.7 Å². The van der Waals surface area contributed by atoms with E-state index in [0.29, 0.717) is 6.04 Å². The van der Waals surface area contributed by atoms with Crippen LogP contribution in [0.3, 0.4) is 0 Å². The van der Waals surface area contributed by atoms with Crippen LogP contribution >= 0.6 is 11.3 Å². The predicted octanol–water partition coefficient (Wildman–Crippen LogP) is 4.65. The van der Waals surface area contributed by atoms with Gasteiger partial charge in [0.1, 0.15) is 0 Å². The maximum Gasteiger partial charge on any atom is 0.0369 e. The highest BCUT2D eigenvalue weighted by atomic mass is 32.1. The van der Waals surface area contributed by atoms with Gasteiger partial charge in [0.15, 0.2) is 0 Å². The van der Waals surface area contributed by atoms with Crippen LogP contribution in [0.1, 0.15) is 41.6 Å². The van der Waals surface area contributed by atoms with Crippen molar-refractivity contribution in [1.82, 2.24) is 5.32 Å². The Balaban J connectivity index is 2.13. The molecule has 0 aliphatic heterocycles. The zero-order chi connectivity index (χ0) is 13.7. The molecule has 0 saturated carbocycles. The SMILES string of the molecule is CCCNC(Cc1ccc(C)c(C)c1)c1ccsc1. The Morgan fingerprint density at radius 3 is 2.63 bits per heavy atom. The zero-order valence-electron chi connectivity index (χ0n) is 12.1. The van der Waals surface area contributed by atoms with E-state index in [4.69, 9.17) is 0 Å². The summed E-state index contributed by atoms with van der Waals surface area (Å²) in [5, 5.41) is 8.08. The summed E-state index contributed by atoms with van der Waals surface area (Å²) in [4.78, 5) is 0. The molecule has 1 atom stereocenters. The molecular formula is C17H23NS. The largest absolute Gasteiger partial charge is 0.310 e. The van der Waals surface area contributed by atoms with Gasteiger partial charge < -0.3 is 5.32 Å². The Labute approximate surface area is 120 Å². The molecular weight excluding hydrogens is 250 g/mol. The van der Waals surface area contributed by atoms with Gasteiger partial charge in [0.05, 0.1) is 0 Å². The molecule has 0 spiro atoms. The monoisotopic (exact) mass is 273 g/mol. The number of hydrogen-bond acceptors (Lipinski definition) is 2. The fourth-order valence-electron chi connectivity index (χ4n) is 2.27. The molecule has 0 saturated heterocycles. The number of nitrogens with one attached hydrogen (secondary N) is 1. The number of benzene rings is 1. The second kappa shape index (κ2) is 6.88. The maximum atomic E-state index is 3.66. The summed E-state index contributed by atoms with van der Waals surface area (Å²) >= 11 is 1.78. The minimum atomic E-state index is 0.438. The average Bonchev–Trinajstić information content (AvgIpc) is 2.92. The van der Waals surface area contributed by atoms with Crippen molar-refractivity contribution in [2.45, 2.75) is 39.7 Å². The van der Waals surface area contributed by atoms with E-state index in [2.05, 4.69) is 61.1 Å². The lowest BCUT2D eigenvalue weighted by Crippen LogP contribution is -2.23. The second-order valence-corrected chi connectivity index (χ2v) is 5.97. The standard InChI is InChI=1S/C17H23NS/c1-4-8-18-17(16-7-9-19-12-16)11-15-6-5-13(2)14(3)10-15/h5-7,9-10,12,17-18H,4,8,11H2,1-3H3. The first kappa shape index (κ1) is 14.3. The first-order valence-corrected chi connectivity index (χ1v) is 7.96. The third kappa shape index (κ3) is 3.92. The minimum Gasteiger partial charge on any atom is -0.310 e. The number of rotatable bonds is 6. The molecule has 0 aliphatic rings. The minimum absolute atomic E-state index is 0.438. The first-order chi connectivity index (χ1) is 9.20. The van der Waals surface area contributed by atoms with Crippen LogP contribution in [0.4, 0.5) is 0 Å². The van der Waals surface area contributed by atoms with Crippen molar-refractivity contribution in [3.05, 3.63) is 57.3 Å². The van der Waals surface area contributed by atoms with Gasteiger partial charge in [0, 0.05) is 6.04 Å². The van der Waals surface area contributed by atoms with E-state index in [0.717, 1.165) is 13.0 Å². The number of hydrogen-bond donors (Lipinski definition) is 1. The Morgan fingerprint density at radius 1 is 1.16 bits per heavy atom. The summed E-state index contributed by atoms with van der Waals surface area (Å²) in [6.45, 7) is 7.65. The van der Waals surface area contributed by atoms with E-state index in [1.54, 1.807) is 11.3 Å². The second-order valence-electron chi connectivity index (χ2n) is 5.19. The summed E-state index contributed by atoms with van der Waals surface area (Å²) in [5.41, 5.74) is 5.59. The number of thiophene rings is 1. The van der Waals surface area contributed by atoms with Crippen molar-refractivity contribution in [2.24, 2.45) is 0 Å². The molecule has 0 bridgehead atoms. The first-order valence-electron chi connectivity index (χ1n) is 7.02. The lowest BCUT2D eigenvalue weighted by Gasteiger charge is -2.18. The van der Waals surface area contributed by atoms with Gasteiger partial charge in [-0.3, -0.25) is 0 Å². The molecule has 1 unspecified atom stereocenters. The van der Waals surface area contributed by atoms with Crippen LogP contribution in [-0.2, 0) is 6.42 Å². The normalized spacial score (nSPS) is 12.6. The molecule has 0 amide bonds. The smallest absolute Gasteiger partial charge is 0.0369 e. The quantitative estimate of drug-likeness (QED) is 0.808. The Morgan fingerprint density at radius 2 is 2.00 bits per heavy atom. The molecule has 1 N–H and O–H groups in total. The van der Waals surface area contributed by atoms with Gasteiger partial charge in [-0.2, -0.15) is 11.3 Å². The van der Waals surface area contributed by atoms with Crippen LogP contribution < -0.4 is 5.32 Å². The molecule has 1 nitrogen and oxygen atoms in total. The van der Waals surface area contributed by atoms with Gasteiger partial charge in [-0.05, 0) is 72.3 Å². The molecule has 2 aromatic rings. The van der Waals surface area contributed by atoms with E-state index in [-0.39, 0.29) is 0 Å². The van der Waals surface area contributed by atoms with Crippen LogP contribution in [-0.4, -0.2) is 6.54 Å². The third-order valence-corrected chi connectivity index (χ3v) is 4.30. The fraction of sp³-hybridized carbons (Fsp3) is 0.412. The van der Waals surface area contributed by atoms with Crippen molar-refractivity contribution in [3.8, 4) is 0 Å². The molecule has 0 radical (unpaired) electrons. The van der Waals surface area contributed by atoms with Gasteiger partial charge in [0.2, 0.25) is 0 Å². The van der Waals surface area contributed by atoms with Crippen molar-refractivity contribution in [1.29, 1.82) is 0 Å². The fourth-order valence-corrected chi connectivity index (χ4v) is 2.98. The number of aryl methyl sites for hydroxylation is 2. The van der Waals surface area contributed by atoms with Crippen LogP contribution in [0.15, 0.2) is 35.0 Å². The lowest BCUT2D eigenvalue weighted by atomic mass is 9.98. The highest BCUT2D eigenvalue weighted by Crippen LogP contribution is 2.22. The highest BCUT2D eigenvalue weighted by Gasteiger charge is 2.12. The van der Waals surface area contributed by atoms with E-state index >= 15 is 0 Å². The summed E-state index contributed by atoms with van der Waals surface area (Å²) in [6, 6.07) is 9.49. The van der Waals surface area contributed by atoms with Gasteiger partial charge >= 0.3 is 0 Å². The molecule has 2 rings (SSSR count). The molecule has 0 aliphatic carbocycles. The van der Waals surface area contributed by atoms with E-state index in [9.17, 15) is 0 Å². The third-order valence-electron chi connectivity index (χ3n) is 3.60. The van der Waals surface area contributed by atoms with Crippen LogP contribution in [0.5, 0.6) is 0 Å². The van der Waals surface area contributed by atoms with Crippen LogP contribution in [0, 0.1) is 13.8 Å². The molecule has 102 valence electrons. The van der Waals surface area contributed by atoms with Gasteiger partial charge in [-0.15, -0.1) is 0 Å². The van der Waals surface area contributed by atoms with Crippen LogP contribution in [0.25, 0.3) is 0 Å². The van der Waals surface area contributed by atoms with Gasteiger partial charge in [-0.25, -0.2) is 0 Å². The average molecular weight is 273 g/mol. The predicted molar refractivity (Wildman–Crippen MR) is 85.0 cm³/mol. The van der Waals surface area contributed by atoms with Crippen LogP contribution in [0.2, 0.25) is 0 Å². The van der Waals surface area contributed by atoms with Gasteiger partial charge in [0.25, 0.3) is 0 Å². The van der Waals surface area contributed by atoms with Crippen molar-refractivity contribution >= 4 is 11.3 Å². The molecule has 0 fully saturated rings. The Hall–Kier alpha value is -1.12. The molecule has 2 heteroatoms. The Kier molecular flexibility index (Phi) is 5.17. The summed E-state index contributed by atoms with van der Waals surface area (Å²) in [7, 11) is 0. The molecule has 1 heterocycles. The molecule has 1 aromatic heterocycles.